The minimum atomic E-state index is 0.508. The zero-order valence-electron chi connectivity index (χ0n) is 9.05. The van der Waals surface area contributed by atoms with Crippen LogP contribution in [0.5, 0.6) is 0 Å². The van der Waals surface area contributed by atoms with E-state index in [1.807, 2.05) is 18.2 Å². The molecule has 0 saturated carbocycles. The second-order valence-corrected chi connectivity index (χ2v) is 6.11. The van der Waals surface area contributed by atoms with Crippen molar-refractivity contribution < 1.29 is 0 Å². The van der Waals surface area contributed by atoms with Gasteiger partial charge in [0.15, 0.2) is 0 Å². The summed E-state index contributed by atoms with van der Waals surface area (Å²) in [5.74, 6) is 0. The number of benzene rings is 1. The van der Waals surface area contributed by atoms with E-state index in [1.54, 1.807) is 12.4 Å². The van der Waals surface area contributed by atoms with Crippen LogP contribution in [0.3, 0.4) is 0 Å². The highest BCUT2D eigenvalue weighted by atomic mass is 79.9. The highest BCUT2D eigenvalue weighted by molar-refractivity contribution is 9.10. The summed E-state index contributed by atoms with van der Waals surface area (Å²) >= 11 is 18.9. The van der Waals surface area contributed by atoms with Gasteiger partial charge in [-0.1, -0.05) is 23.2 Å². The van der Waals surface area contributed by atoms with Gasteiger partial charge in [0.05, 0.1) is 15.7 Å². The van der Waals surface area contributed by atoms with Gasteiger partial charge >= 0.3 is 0 Å². The highest BCUT2D eigenvalue weighted by Crippen LogP contribution is 2.35. The van der Waals surface area contributed by atoms with E-state index in [-0.39, 0.29) is 0 Å². The van der Waals surface area contributed by atoms with Crippen molar-refractivity contribution in [2.75, 3.05) is 5.32 Å². The summed E-state index contributed by atoms with van der Waals surface area (Å²) in [7, 11) is 0. The molecule has 0 fully saturated rings. The van der Waals surface area contributed by atoms with Gasteiger partial charge in [-0.3, -0.25) is 4.98 Å². The van der Waals surface area contributed by atoms with Gasteiger partial charge in [-0.15, -0.1) is 0 Å². The minimum absolute atomic E-state index is 0.508. The van der Waals surface area contributed by atoms with Crippen molar-refractivity contribution in [2.45, 2.75) is 6.54 Å². The van der Waals surface area contributed by atoms with E-state index in [0.717, 1.165) is 20.2 Å². The van der Waals surface area contributed by atoms with Crippen molar-refractivity contribution in [1.82, 2.24) is 4.98 Å². The van der Waals surface area contributed by atoms with Crippen LogP contribution in [0.4, 0.5) is 5.69 Å². The summed E-state index contributed by atoms with van der Waals surface area (Å²) in [4.78, 5) is 4.10. The summed E-state index contributed by atoms with van der Waals surface area (Å²) in [6, 6.07) is 5.73. The normalized spacial score (nSPS) is 10.4. The van der Waals surface area contributed by atoms with Crippen LogP contribution in [0.25, 0.3) is 0 Å². The minimum Gasteiger partial charge on any atom is -0.380 e. The number of anilines is 1. The van der Waals surface area contributed by atoms with E-state index >= 15 is 0 Å². The number of aromatic nitrogens is 1. The maximum absolute atomic E-state index is 6.15. The molecule has 0 spiro atoms. The van der Waals surface area contributed by atoms with Crippen LogP contribution in [-0.4, -0.2) is 4.98 Å². The summed E-state index contributed by atoms with van der Waals surface area (Å²) in [6.45, 7) is 0.629. The molecule has 0 unspecified atom stereocenters. The summed E-state index contributed by atoms with van der Waals surface area (Å²) < 4.78 is 1.73. The molecule has 0 amide bonds. The Labute approximate surface area is 132 Å². The summed E-state index contributed by atoms with van der Waals surface area (Å²) in [5, 5.41) is 4.24. The largest absolute Gasteiger partial charge is 0.380 e. The molecule has 94 valence electrons. The zero-order chi connectivity index (χ0) is 13.1. The Hall–Kier alpha value is -0.290. The molecular formula is C12H8Br2Cl2N2. The quantitative estimate of drug-likeness (QED) is 0.673. The molecule has 1 aromatic heterocycles. The first kappa shape index (κ1) is 14.1. The predicted molar refractivity (Wildman–Crippen MR) is 83.4 cm³/mol. The fourth-order valence-electron chi connectivity index (χ4n) is 1.41. The second kappa shape index (κ2) is 6.24. The molecule has 1 N–H and O–H groups in total. The van der Waals surface area contributed by atoms with Crippen molar-refractivity contribution in [1.29, 1.82) is 0 Å². The van der Waals surface area contributed by atoms with Gasteiger partial charge in [-0.05, 0) is 55.6 Å². The molecular weight excluding hydrogens is 403 g/mol. The first-order valence-electron chi connectivity index (χ1n) is 5.04. The molecule has 2 aromatic rings. The third-order valence-electron chi connectivity index (χ3n) is 2.28. The Morgan fingerprint density at radius 2 is 1.89 bits per heavy atom. The molecule has 1 aromatic carbocycles. The smallest absolute Gasteiger partial charge is 0.0835 e. The Morgan fingerprint density at radius 3 is 2.61 bits per heavy atom. The predicted octanol–water partition coefficient (Wildman–Crippen LogP) is 5.53. The van der Waals surface area contributed by atoms with Crippen LogP contribution in [0.15, 0.2) is 39.5 Å². The molecule has 6 heteroatoms. The Kier molecular flexibility index (Phi) is 4.90. The summed E-state index contributed by atoms with van der Waals surface area (Å²) in [5.41, 5.74) is 1.85. The van der Waals surface area contributed by atoms with Gasteiger partial charge in [-0.25, -0.2) is 0 Å². The van der Waals surface area contributed by atoms with Crippen LogP contribution in [0.2, 0.25) is 10.0 Å². The SMILES string of the molecule is Clc1c(Br)ccc(NCc2cncc(Br)c2)c1Cl. The van der Waals surface area contributed by atoms with Gasteiger partial charge in [0.25, 0.3) is 0 Å². The highest BCUT2D eigenvalue weighted by Gasteiger charge is 2.08. The number of hydrogen-bond donors (Lipinski definition) is 1. The van der Waals surface area contributed by atoms with Gasteiger partial charge in [0.2, 0.25) is 0 Å². The van der Waals surface area contributed by atoms with Crippen molar-refractivity contribution >= 4 is 60.7 Å². The topological polar surface area (TPSA) is 24.9 Å². The van der Waals surface area contributed by atoms with E-state index < -0.39 is 0 Å². The van der Waals surface area contributed by atoms with Crippen molar-refractivity contribution in [2.24, 2.45) is 0 Å². The Balaban J connectivity index is 2.14. The zero-order valence-corrected chi connectivity index (χ0v) is 13.7. The molecule has 0 atom stereocenters. The molecule has 0 saturated heterocycles. The maximum atomic E-state index is 6.15. The van der Waals surface area contributed by atoms with Crippen molar-refractivity contribution in [3.8, 4) is 0 Å². The lowest BCUT2D eigenvalue weighted by molar-refractivity contribution is 1.11. The van der Waals surface area contributed by atoms with Gasteiger partial charge in [0.1, 0.15) is 0 Å². The van der Waals surface area contributed by atoms with Crippen molar-refractivity contribution in [3.05, 3.63) is 55.1 Å². The third-order valence-corrected chi connectivity index (χ3v) is 4.48. The van der Waals surface area contributed by atoms with E-state index in [2.05, 4.69) is 42.2 Å². The van der Waals surface area contributed by atoms with Gasteiger partial charge in [0, 0.05) is 27.9 Å². The number of nitrogens with zero attached hydrogens (tertiary/aromatic N) is 1. The van der Waals surface area contributed by atoms with Gasteiger partial charge in [-0.2, -0.15) is 0 Å². The fourth-order valence-corrected chi connectivity index (χ4v) is 2.67. The Bertz CT molecular complexity index is 576. The molecule has 0 radical (unpaired) electrons. The molecule has 0 aliphatic carbocycles. The first-order chi connectivity index (χ1) is 8.58. The maximum Gasteiger partial charge on any atom is 0.0835 e. The van der Waals surface area contributed by atoms with Gasteiger partial charge < -0.3 is 5.32 Å². The van der Waals surface area contributed by atoms with Crippen LogP contribution in [0.1, 0.15) is 5.56 Å². The van der Waals surface area contributed by atoms with Crippen LogP contribution in [0, 0.1) is 0 Å². The monoisotopic (exact) mass is 408 g/mol. The van der Waals surface area contributed by atoms with E-state index in [0.29, 0.717) is 16.6 Å². The standard InChI is InChI=1S/C12H8Br2Cl2N2/c13-8-3-7(4-17-6-8)5-18-10-2-1-9(14)11(15)12(10)16/h1-4,6,18H,5H2. The molecule has 0 aliphatic rings. The van der Waals surface area contributed by atoms with E-state index in [9.17, 15) is 0 Å². The number of pyridine rings is 1. The van der Waals surface area contributed by atoms with Crippen LogP contribution >= 0.6 is 55.1 Å². The molecule has 2 nitrogen and oxygen atoms in total. The fraction of sp³-hybridized carbons (Fsp3) is 0.0833. The average molecular weight is 411 g/mol. The lowest BCUT2D eigenvalue weighted by atomic mass is 10.2. The van der Waals surface area contributed by atoms with E-state index in [4.69, 9.17) is 23.2 Å². The lowest BCUT2D eigenvalue weighted by Gasteiger charge is -2.10. The van der Waals surface area contributed by atoms with Crippen molar-refractivity contribution in [3.63, 3.8) is 0 Å². The first-order valence-corrected chi connectivity index (χ1v) is 7.39. The summed E-state index contributed by atoms with van der Waals surface area (Å²) in [6.07, 6.45) is 3.54. The number of hydrogen-bond acceptors (Lipinski definition) is 2. The number of halogens is 4. The van der Waals surface area contributed by atoms with Crippen LogP contribution < -0.4 is 5.32 Å². The molecule has 0 bridgehead atoms. The molecule has 18 heavy (non-hydrogen) atoms. The van der Waals surface area contributed by atoms with E-state index in [1.165, 1.54) is 0 Å². The van der Waals surface area contributed by atoms with Crippen LogP contribution in [-0.2, 0) is 6.54 Å². The third kappa shape index (κ3) is 3.38. The molecule has 0 aliphatic heterocycles. The second-order valence-electron chi connectivity index (χ2n) is 3.59. The molecule has 2 rings (SSSR count). The average Bonchev–Trinajstić information content (AvgIpc) is 2.35. The number of rotatable bonds is 3. The Morgan fingerprint density at radius 1 is 1.11 bits per heavy atom. The lowest BCUT2D eigenvalue weighted by Crippen LogP contribution is -2.00. The number of nitrogens with one attached hydrogen (secondary N) is 1. The molecule has 1 heterocycles.